The maximum atomic E-state index is 12.8. The van der Waals surface area contributed by atoms with Crippen molar-refractivity contribution in [3.63, 3.8) is 0 Å². The van der Waals surface area contributed by atoms with Crippen LogP contribution in [0.2, 0.25) is 0 Å². The van der Waals surface area contributed by atoms with Crippen molar-refractivity contribution in [2.45, 2.75) is 18.9 Å². The topological polar surface area (TPSA) is 137 Å². The predicted molar refractivity (Wildman–Crippen MR) is 125 cm³/mol. The van der Waals surface area contributed by atoms with E-state index in [0.29, 0.717) is 34.7 Å². The number of anilines is 4. The Hall–Kier alpha value is -4.48. The molecule has 1 fully saturated rings. The van der Waals surface area contributed by atoms with Gasteiger partial charge in [0, 0.05) is 36.6 Å². The van der Waals surface area contributed by atoms with Gasteiger partial charge in [0.05, 0.1) is 24.4 Å². The van der Waals surface area contributed by atoms with Crippen molar-refractivity contribution in [1.29, 1.82) is 0 Å². The van der Waals surface area contributed by atoms with Crippen LogP contribution in [0.5, 0.6) is 5.75 Å². The van der Waals surface area contributed by atoms with E-state index in [1.54, 1.807) is 42.3 Å². The average molecular weight is 464 g/mol. The summed E-state index contributed by atoms with van der Waals surface area (Å²) < 4.78 is 31.3. The molecule has 1 aromatic carbocycles. The summed E-state index contributed by atoms with van der Waals surface area (Å²) in [6.45, 7) is -2.69. The summed E-state index contributed by atoms with van der Waals surface area (Å²) in [5.74, 6) is 0.750. The molecule has 5 rings (SSSR count). The first-order valence-electron chi connectivity index (χ1n) is 12.0. The van der Waals surface area contributed by atoms with Gasteiger partial charge < -0.3 is 20.7 Å². The fourth-order valence-corrected chi connectivity index (χ4v) is 3.45. The lowest BCUT2D eigenvalue weighted by Gasteiger charge is -2.15. The molecule has 0 bridgehead atoms. The molecule has 3 N–H and O–H groups in total. The van der Waals surface area contributed by atoms with Gasteiger partial charge in [-0.3, -0.25) is 14.2 Å². The summed E-state index contributed by atoms with van der Waals surface area (Å²) in [5.41, 5.74) is 0.992. The van der Waals surface area contributed by atoms with Crippen molar-refractivity contribution >= 4 is 29.2 Å². The molecule has 1 aliphatic rings. The van der Waals surface area contributed by atoms with Gasteiger partial charge in [0.25, 0.3) is 5.91 Å². The van der Waals surface area contributed by atoms with Gasteiger partial charge in [-0.15, -0.1) is 0 Å². The minimum atomic E-state index is -2.69. The molecule has 1 amide bonds. The molecule has 12 nitrogen and oxygen atoms in total. The molecule has 0 radical (unpaired) electrons. The third kappa shape index (κ3) is 4.25. The Morgan fingerprint density at radius 1 is 1.21 bits per heavy atom. The van der Waals surface area contributed by atoms with Crippen LogP contribution in [0.25, 0.3) is 11.4 Å². The number of methoxy groups -OCH3 is 1. The molecular formula is C22H24N10O2. The highest BCUT2D eigenvalue weighted by atomic mass is 16.5. The fraction of sp³-hybridized carbons (Fsp3) is 0.273. The van der Waals surface area contributed by atoms with Crippen LogP contribution < -0.4 is 20.7 Å². The van der Waals surface area contributed by atoms with Crippen LogP contribution in [-0.2, 0) is 7.05 Å². The number of amides is 1. The van der Waals surface area contributed by atoms with Gasteiger partial charge in [0.2, 0.25) is 5.95 Å². The lowest BCUT2D eigenvalue weighted by Crippen LogP contribution is -2.20. The van der Waals surface area contributed by atoms with E-state index < -0.39 is 12.9 Å². The molecule has 0 saturated heterocycles. The Balaban J connectivity index is 1.50. The van der Waals surface area contributed by atoms with Crippen molar-refractivity contribution in [1.82, 2.24) is 39.8 Å². The monoisotopic (exact) mass is 463 g/mol. The molecular weight excluding hydrogens is 436 g/mol. The van der Waals surface area contributed by atoms with E-state index in [2.05, 4.69) is 35.8 Å². The van der Waals surface area contributed by atoms with Crippen LogP contribution in [0.1, 0.15) is 33.4 Å². The average Bonchev–Trinajstić information content (AvgIpc) is 3.44. The number of nitrogens with one attached hydrogen (secondary N) is 3. The number of rotatable bonds is 8. The normalized spacial score (nSPS) is 14.6. The number of carbonyl (C=O) groups is 1. The molecule has 3 heterocycles. The standard InChI is InChI=1S/C22H24N10O2/c1-23-21(33)15-11-24-22(27-17-9-10-32(29-17)13-7-8-13)28-20(15)26-16-6-4-5-14(18(16)34-3)19-25-12-31(2)30-19/h4-6,9-13H,7-8H2,1-3H3,(H,23,33)(H2,24,26,27,28,29)/i1D3. The van der Waals surface area contributed by atoms with Crippen LogP contribution in [-0.4, -0.2) is 54.5 Å². The summed E-state index contributed by atoms with van der Waals surface area (Å²) in [5, 5.41) is 16.9. The fourth-order valence-electron chi connectivity index (χ4n) is 3.45. The van der Waals surface area contributed by atoms with Crippen molar-refractivity contribution in [2.24, 2.45) is 7.05 Å². The zero-order chi connectivity index (χ0) is 26.2. The van der Waals surface area contributed by atoms with E-state index >= 15 is 0 Å². The van der Waals surface area contributed by atoms with Gasteiger partial charge in [0.1, 0.15) is 17.7 Å². The number of benzene rings is 1. The lowest BCUT2D eigenvalue weighted by molar-refractivity contribution is 0.0963. The van der Waals surface area contributed by atoms with E-state index in [1.165, 1.54) is 13.3 Å². The summed E-state index contributed by atoms with van der Waals surface area (Å²) in [7, 11) is 3.25. The zero-order valence-corrected chi connectivity index (χ0v) is 18.5. The SMILES string of the molecule is [2H]C([2H])([2H])NC(=O)c1cnc(Nc2ccn(C3CC3)n2)nc1Nc1cccc(-c2ncn(C)n2)c1OC. The van der Waals surface area contributed by atoms with E-state index in [0.717, 1.165) is 12.8 Å². The molecule has 34 heavy (non-hydrogen) atoms. The molecule has 0 spiro atoms. The van der Waals surface area contributed by atoms with E-state index in [-0.39, 0.29) is 17.3 Å². The van der Waals surface area contributed by atoms with Crippen LogP contribution in [0.3, 0.4) is 0 Å². The second-order valence-corrected chi connectivity index (χ2v) is 7.70. The number of hydrogen-bond donors (Lipinski definition) is 3. The maximum Gasteiger partial charge on any atom is 0.256 e. The number of para-hydroxylation sites is 1. The molecule has 0 unspecified atom stereocenters. The quantitative estimate of drug-likeness (QED) is 0.360. The summed E-state index contributed by atoms with van der Waals surface area (Å²) in [4.78, 5) is 25.7. The Labute approximate surface area is 199 Å². The third-order valence-corrected chi connectivity index (χ3v) is 5.23. The predicted octanol–water partition coefficient (Wildman–Crippen LogP) is 2.66. The highest BCUT2D eigenvalue weighted by Gasteiger charge is 2.24. The van der Waals surface area contributed by atoms with Gasteiger partial charge in [-0.05, 0) is 25.0 Å². The van der Waals surface area contributed by atoms with Crippen LogP contribution in [0.15, 0.2) is 43.0 Å². The molecule has 3 aromatic heterocycles. The highest BCUT2D eigenvalue weighted by molar-refractivity contribution is 5.99. The molecule has 0 atom stereocenters. The number of aromatic nitrogens is 7. The van der Waals surface area contributed by atoms with Gasteiger partial charge in [-0.2, -0.15) is 15.2 Å². The Kier molecular flexibility index (Phi) is 4.66. The minimum absolute atomic E-state index is 0.0605. The lowest BCUT2D eigenvalue weighted by atomic mass is 10.1. The first-order valence-corrected chi connectivity index (χ1v) is 10.5. The number of ether oxygens (including phenoxy) is 1. The second kappa shape index (κ2) is 8.81. The van der Waals surface area contributed by atoms with Crippen LogP contribution >= 0.6 is 0 Å². The Morgan fingerprint density at radius 2 is 2.09 bits per heavy atom. The maximum absolute atomic E-state index is 12.8. The summed E-state index contributed by atoms with van der Waals surface area (Å²) >= 11 is 0. The Morgan fingerprint density at radius 3 is 2.82 bits per heavy atom. The number of aryl methyl sites for hydroxylation is 1. The van der Waals surface area contributed by atoms with Crippen molar-refractivity contribution in [3.05, 3.63) is 48.5 Å². The Bertz CT molecular complexity index is 1440. The first kappa shape index (κ1) is 18.0. The van der Waals surface area contributed by atoms with Gasteiger partial charge in [-0.25, -0.2) is 9.97 Å². The number of carbonyl (C=O) groups excluding carboxylic acids is 1. The highest BCUT2D eigenvalue weighted by Crippen LogP contribution is 2.37. The van der Waals surface area contributed by atoms with Crippen molar-refractivity contribution in [2.75, 3.05) is 24.7 Å². The molecule has 4 aromatic rings. The second-order valence-electron chi connectivity index (χ2n) is 7.70. The largest absolute Gasteiger partial charge is 0.494 e. The molecule has 1 saturated carbocycles. The smallest absolute Gasteiger partial charge is 0.256 e. The van der Waals surface area contributed by atoms with Crippen LogP contribution in [0.4, 0.5) is 23.3 Å². The van der Waals surface area contributed by atoms with Gasteiger partial charge in [0.15, 0.2) is 17.4 Å². The van der Waals surface area contributed by atoms with Crippen molar-refractivity contribution < 1.29 is 13.6 Å². The first-order chi connectivity index (χ1) is 17.7. The summed E-state index contributed by atoms with van der Waals surface area (Å²) in [6, 6.07) is 7.50. The van der Waals surface area contributed by atoms with Gasteiger partial charge in [-0.1, -0.05) is 6.07 Å². The number of nitrogens with zero attached hydrogens (tertiary/aromatic N) is 7. The number of hydrogen-bond acceptors (Lipinski definition) is 9. The molecule has 0 aliphatic heterocycles. The molecule has 1 aliphatic carbocycles. The van der Waals surface area contributed by atoms with E-state index in [1.807, 2.05) is 16.2 Å². The van der Waals surface area contributed by atoms with Gasteiger partial charge >= 0.3 is 0 Å². The molecule has 174 valence electrons. The molecule has 12 heteroatoms. The van der Waals surface area contributed by atoms with Crippen LogP contribution in [0, 0.1) is 0 Å². The minimum Gasteiger partial charge on any atom is -0.494 e. The zero-order valence-electron chi connectivity index (χ0n) is 21.5. The third-order valence-electron chi connectivity index (χ3n) is 5.23. The van der Waals surface area contributed by atoms with Crippen molar-refractivity contribution in [3.8, 4) is 17.1 Å². The van der Waals surface area contributed by atoms with E-state index in [4.69, 9.17) is 8.85 Å². The van der Waals surface area contributed by atoms with E-state index in [9.17, 15) is 4.79 Å². The summed E-state index contributed by atoms with van der Waals surface area (Å²) in [6.07, 6.45) is 6.87.